The zero-order valence-corrected chi connectivity index (χ0v) is 14.4. The lowest BCUT2D eigenvalue weighted by molar-refractivity contribution is 0.0522. The number of nitrogens with zero attached hydrogens (tertiary/aromatic N) is 2. The number of aromatic nitrogens is 2. The van der Waals surface area contributed by atoms with Crippen molar-refractivity contribution in [1.82, 2.24) is 14.9 Å². The summed E-state index contributed by atoms with van der Waals surface area (Å²) in [4.78, 5) is 15.9. The van der Waals surface area contributed by atoms with Crippen molar-refractivity contribution in [2.75, 3.05) is 17.3 Å². The Bertz CT molecular complexity index is 465. The molecule has 1 atom stereocenters. The van der Waals surface area contributed by atoms with E-state index in [0.717, 1.165) is 12.2 Å². The number of rotatable bonds is 4. The molecule has 0 aromatic carbocycles. The minimum absolute atomic E-state index is 0.391. The average Bonchev–Trinajstić information content (AvgIpc) is 2.83. The van der Waals surface area contributed by atoms with Crippen LogP contribution in [-0.2, 0) is 17.8 Å². The first-order chi connectivity index (χ1) is 9.94. The minimum Gasteiger partial charge on any atom is -0.444 e. The molecule has 1 aliphatic heterocycles. The predicted molar refractivity (Wildman–Crippen MR) is 88.9 cm³/mol. The molecule has 1 aliphatic rings. The molecule has 21 heavy (non-hydrogen) atoms. The standard InChI is InChI=1S/C14H23N3O2S2/c1-14(2,3)19-13(18)16-7-11-6-15-10-17(11)8-12-9-20-4-5-21-12/h6,10,12H,4-5,7-9H2,1-3H3,(H,16,18). The summed E-state index contributed by atoms with van der Waals surface area (Å²) in [5, 5.41) is 3.41. The number of imidazole rings is 1. The Balaban J connectivity index is 1.84. The first kappa shape index (κ1) is 16.5. The largest absolute Gasteiger partial charge is 0.444 e. The number of nitrogens with one attached hydrogen (secondary N) is 1. The summed E-state index contributed by atoms with van der Waals surface area (Å²) in [6.45, 7) is 6.96. The van der Waals surface area contributed by atoms with E-state index in [4.69, 9.17) is 4.74 Å². The van der Waals surface area contributed by atoms with Crippen LogP contribution in [0.2, 0.25) is 0 Å². The van der Waals surface area contributed by atoms with Crippen molar-refractivity contribution in [2.24, 2.45) is 0 Å². The number of hydrogen-bond donors (Lipinski definition) is 1. The summed E-state index contributed by atoms with van der Waals surface area (Å²) < 4.78 is 7.36. The van der Waals surface area contributed by atoms with E-state index in [2.05, 4.69) is 14.9 Å². The van der Waals surface area contributed by atoms with Gasteiger partial charge in [0.25, 0.3) is 0 Å². The average molecular weight is 329 g/mol. The maximum atomic E-state index is 11.7. The van der Waals surface area contributed by atoms with Gasteiger partial charge in [-0.1, -0.05) is 0 Å². The molecule has 118 valence electrons. The summed E-state index contributed by atoms with van der Waals surface area (Å²) >= 11 is 4.03. The monoisotopic (exact) mass is 329 g/mol. The van der Waals surface area contributed by atoms with Gasteiger partial charge in [0.15, 0.2) is 0 Å². The maximum absolute atomic E-state index is 11.7. The molecular weight excluding hydrogens is 306 g/mol. The van der Waals surface area contributed by atoms with E-state index in [1.165, 1.54) is 17.3 Å². The highest BCUT2D eigenvalue weighted by molar-refractivity contribution is 8.06. The molecule has 1 aromatic heterocycles. The van der Waals surface area contributed by atoms with Gasteiger partial charge in [0, 0.05) is 35.3 Å². The van der Waals surface area contributed by atoms with Gasteiger partial charge in [-0.3, -0.25) is 0 Å². The quantitative estimate of drug-likeness (QED) is 0.920. The van der Waals surface area contributed by atoms with Crippen molar-refractivity contribution in [3.8, 4) is 0 Å². The summed E-state index contributed by atoms with van der Waals surface area (Å²) in [7, 11) is 0. The van der Waals surface area contributed by atoms with Gasteiger partial charge in [0.1, 0.15) is 5.60 Å². The summed E-state index contributed by atoms with van der Waals surface area (Å²) in [5.41, 5.74) is 0.539. The lowest BCUT2D eigenvalue weighted by atomic mass is 10.2. The molecule has 7 heteroatoms. The number of alkyl carbamates (subject to hydrolysis) is 1. The van der Waals surface area contributed by atoms with E-state index < -0.39 is 11.7 Å². The molecule has 1 amide bonds. The summed E-state index contributed by atoms with van der Waals surface area (Å²) in [5.74, 6) is 3.65. The highest BCUT2D eigenvalue weighted by Gasteiger charge is 2.18. The highest BCUT2D eigenvalue weighted by Crippen LogP contribution is 2.25. The Morgan fingerprint density at radius 2 is 2.33 bits per heavy atom. The number of carbonyl (C=O) groups excluding carboxylic acids is 1. The number of amides is 1. The van der Waals surface area contributed by atoms with Gasteiger partial charge in [-0.2, -0.15) is 23.5 Å². The molecule has 1 aromatic rings. The van der Waals surface area contributed by atoms with Gasteiger partial charge in [0.05, 0.1) is 18.6 Å². The summed E-state index contributed by atoms with van der Waals surface area (Å²) in [6, 6.07) is 0. The van der Waals surface area contributed by atoms with Crippen molar-refractivity contribution < 1.29 is 9.53 Å². The molecule has 1 N–H and O–H groups in total. The molecule has 0 aliphatic carbocycles. The molecule has 1 unspecified atom stereocenters. The van der Waals surface area contributed by atoms with Crippen molar-refractivity contribution >= 4 is 29.6 Å². The van der Waals surface area contributed by atoms with Crippen LogP contribution < -0.4 is 5.32 Å². The lowest BCUT2D eigenvalue weighted by Crippen LogP contribution is -2.32. The maximum Gasteiger partial charge on any atom is 0.407 e. The van der Waals surface area contributed by atoms with Gasteiger partial charge < -0.3 is 14.6 Å². The Kier molecular flexibility index (Phi) is 5.87. The first-order valence-electron chi connectivity index (χ1n) is 7.09. The molecule has 0 spiro atoms. The predicted octanol–water partition coefficient (Wildman–Crippen LogP) is 2.76. The molecule has 1 saturated heterocycles. The van der Waals surface area contributed by atoms with Crippen LogP contribution in [0.5, 0.6) is 0 Å². The molecule has 0 saturated carbocycles. The van der Waals surface area contributed by atoms with Crippen molar-refractivity contribution in [3.63, 3.8) is 0 Å². The molecule has 2 heterocycles. The van der Waals surface area contributed by atoms with E-state index in [1.54, 1.807) is 6.20 Å². The van der Waals surface area contributed by atoms with Gasteiger partial charge in [-0.15, -0.1) is 0 Å². The van der Waals surface area contributed by atoms with Crippen molar-refractivity contribution in [2.45, 2.75) is 44.7 Å². The van der Waals surface area contributed by atoms with Crippen LogP contribution in [0.25, 0.3) is 0 Å². The fourth-order valence-corrected chi connectivity index (χ4v) is 4.66. The van der Waals surface area contributed by atoms with Gasteiger partial charge in [-0.05, 0) is 20.8 Å². The van der Waals surface area contributed by atoms with E-state index in [1.807, 2.05) is 50.6 Å². The highest BCUT2D eigenvalue weighted by atomic mass is 32.2. The van der Waals surface area contributed by atoms with Gasteiger partial charge >= 0.3 is 6.09 Å². The van der Waals surface area contributed by atoms with Crippen LogP contribution in [-0.4, -0.2) is 43.8 Å². The number of ether oxygens (including phenoxy) is 1. The third-order valence-electron chi connectivity index (χ3n) is 2.90. The summed E-state index contributed by atoms with van der Waals surface area (Å²) in [6.07, 6.45) is 3.25. The SMILES string of the molecule is CC(C)(C)OC(=O)NCc1cncn1CC1CSCCS1. The number of thioether (sulfide) groups is 2. The smallest absolute Gasteiger partial charge is 0.407 e. The second kappa shape index (κ2) is 7.45. The van der Waals surface area contributed by atoms with Crippen LogP contribution in [0.1, 0.15) is 26.5 Å². The second-order valence-electron chi connectivity index (χ2n) is 5.96. The molecule has 1 fully saturated rings. The van der Waals surface area contributed by atoms with E-state index in [-0.39, 0.29) is 0 Å². The Hall–Kier alpha value is -0.820. The van der Waals surface area contributed by atoms with E-state index in [9.17, 15) is 4.79 Å². The van der Waals surface area contributed by atoms with Crippen LogP contribution in [0.15, 0.2) is 12.5 Å². The number of hydrogen-bond acceptors (Lipinski definition) is 5. The van der Waals surface area contributed by atoms with Crippen LogP contribution in [0, 0.1) is 0 Å². The van der Waals surface area contributed by atoms with Gasteiger partial charge in [0.2, 0.25) is 0 Å². The van der Waals surface area contributed by atoms with Gasteiger partial charge in [-0.25, -0.2) is 9.78 Å². The lowest BCUT2D eigenvalue weighted by Gasteiger charge is -2.22. The number of carbonyl (C=O) groups is 1. The Morgan fingerprint density at radius 3 is 3.00 bits per heavy atom. The third kappa shape index (κ3) is 5.82. The van der Waals surface area contributed by atoms with E-state index in [0.29, 0.717) is 11.8 Å². The molecule has 0 radical (unpaired) electrons. The third-order valence-corrected chi connectivity index (χ3v) is 5.72. The van der Waals surface area contributed by atoms with Crippen molar-refractivity contribution in [1.29, 1.82) is 0 Å². The molecule has 0 bridgehead atoms. The Labute approximate surface area is 134 Å². The van der Waals surface area contributed by atoms with E-state index >= 15 is 0 Å². The van der Waals surface area contributed by atoms with Crippen LogP contribution >= 0.6 is 23.5 Å². The molecule has 5 nitrogen and oxygen atoms in total. The normalized spacial score (nSPS) is 19.3. The fraction of sp³-hybridized carbons (Fsp3) is 0.714. The zero-order chi connectivity index (χ0) is 15.3. The van der Waals surface area contributed by atoms with Crippen LogP contribution in [0.4, 0.5) is 4.79 Å². The molecular formula is C14H23N3O2S2. The topological polar surface area (TPSA) is 56.1 Å². The fourth-order valence-electron chi connectivity index (χ4n) is 2.00. The Morgan fingerprint density at radius 1 is 1.52 bits per heavy atom. The second-order valence-corrected chi connectivity index (χ2v) is 8.52. The van der Waals surface area contributed by atoms with Crippen molar-refractivity contribution in [3.05, 3.63) is 18.2 Å². The minimum atomic E-state index is -0.472. The first-order valence-corrected chi connectivity index (χ1v) is 9.29. The van der Waals surface area contributed by atoms with Crippen LogP contribution in [0.3, 0.4) is 0 Å². The molecule has 2 rings (SSSR count). The zero-order valence-electron chi connectivity index (χ0n) is 12.8.